The summed E-state index contributed by atoms with van der Waals surface area (Å²) in [5.41, 5.74) is 2.50. The van der Waals surface area contributed by atoms with Crippen molar-refractivity contribution in [3.63, 3.8) is 0 Å². The Kier molecular flexibility index (Phi) is 4.01. The van der Waals surface area contributed by atoms with E-state index in [0.29, 0.717) is 12.6 Å². The fourth-order valence-corrected chi connectivity index (χ4v) is 4.24. The van der Waals surface area contributed by atoms with E-state index in [-0.39, 0.29) is 16.9 Å². The number of likely N-dealkylation sites (tertiary alicyclic amines) is 1. The smallest absolute Gasteiger partial charge is 0.407 e. The first-order chi connectivity index (χ1) is 11.1. The van der Waals surface area contributed by atoms with Crippen molar-refractivity contribution in [2.24, 2.45) is 10.8 Å². The zero-order valence-corrected chi connectivity index (χ0v) is 15.4. The number of hydrogen-bond donors (Lipinski definition) is 1. The summed E-state index contributed by atoms with van der Waals surface area (Å²) in [5, 5.41) is 14.1. The molecule has 5 heteroatoms. The molecule has 2 unspecified atom stereocenters. The number of fused-ring (bicyclic) bond motifs is 1. The molecule has 5 nitrogen and oxygen atoms in total. The highest BCUT2D eigenvalue weighted by atomic mass is 16.4. The van der Waals surface area contributed by atoms with Crippen molar-refractivity contribution in [3.05, 3.63) is 23.5 Å². The van der Waals surface area contributed by atoms with Crippen molar-refractivity contribution >= 4 is 12.2 Å². The van der Waals surface area contributed by atoms with E-state index in [1.807, 2.05) is 6.20 Å². The topological polar surface area (TPSA) is 58.4 Å². The van der Waals surface area contributed by atoms with Crippen molar-refractivity contribution in [3.8, 4) is 0 Å². The van der Waals surface area contributed by atoms with Crippen LogP contribution < -0.4 is 0 Å². The van der Waals surface area contributed by atoms with Gasteiger partial charge in [0, 0.05) is 18.6 Å². The maximum absolute atomic E-state index is 11.7. The number of hydrogen-bond acceptors (Lipinski definition) is 2. The summed E-state index contributed by atoms with van der Waals surface area (Å²) in [4.78, 5) is 13.3. The van der Waals surface area contributed by atoms with Crippen molar-refractivity contribution in [1.29, 1.82) is 0 Å². The van der Waals surface area contributed by atoms with Crippen LogP contribution in [0.1, 0.15) is 64.8 Å². The average molecular weight is 331 g/mol. The van der Waals surface area contributed by atoms with Gasteiger partial charge in [0.05, 0.1) is 11.9 Å². The molecular formula is C19H29N3O2. The van der Waals surface area contributed by atoms with E-state index in [9.17, 15) is 9.90 Å². The second-order valence-corrected chi connectivity index (χ2v) is 8.78. The summed E-state index contributed by atoms with van der Waals surface area (Å²) in [6.45, 7) is 11.3. The Bertz CT molecular complexity index is 669. The van der Waals surface area contributed by atoms with E-state index in [2.05, 4.69) is 56.6 Å². The lowest BCUT2D eigenvalue weighted by Gasteiger charge is -2.50. The normalized spacial score (nSPS) is 26.9. The quantitative estimate of drug-likeness (QED) is 0.838. The largest absolute Gasteiger partial charge is 0.465 e. The van der Waals surface area contributed by atoms with Gasteiger partial charge in [-0.05, 0) is 55.6 Å². The molecule has 1 fully saturated rings. The Morgan fingerprint density at radius 2 is 2.12 bits per heavy atom. The van der Waals surface area contributed by atoms with E-state index in [0.717, 1.165) is 19.3 Å². The van der Waals surface area contributed by atoms with E-state index >= 15 is 0 Å². The maximum Gasteiger partial charge on any atom is 0.407 e. The van der Waals surface area contributed by atoms with Crippen LogP contribution in [-0.4, -0.2) is 38.5 Å². The van der Waals surface area contributed by atoms with Crippen LogP contribution in [-0.2, 0) is 6.42 Å². The molecular weight excluding hydrogens is 302 g/mol. The fraction of sp³-hybridized carbons (Fsp3) is 0.684. The third kappa shape index (κ3) is 2.85. The van der Waals surface area contributed by atoms with Crippen LogP contribution in [0.5, 0.6) is 0 Å². The maximum atomic E-state index is 11.7. The minimum atomic E-state index is -0.794. The van der Waals surface area contributed by atoms with Gasteiger partial charge in [0.2, 0.25) is 0 Å². The Balaban J connectivity index is 1.90. The fourth-order valence-electron chi connectivity index (χ4n) is 4.24. The van der Waals surface area contributed by atoms with Crippen molar-refractivity contribution in [2.45, 2.75) is 66.0 Å². The lowest BCUT2D eigenvalue weighted by atomic mass is 9.65. The van der Waals surface area contributed by atoms with Gasteiger partial charge in [-0.1, -0.05) is 26.8 Å². The first-order valence-electron chi connectivity index (χ1n) is 8.88. The van der Waals surface area contributed by atoms with Gasteiger partial charge in [0.1, 0.15) is 0 Å². The number of amides is 1. The Labute approximate surface area is 144 Å². The monoisotopic (exact) mass is 331 g/mol. The van der Waals surface area contributed by atoms with E-state index in [1.165, 1.54) is 11.3 Å². The molecule has 1 aliphatic carbocycles. The van der Waals surface area contributed by atoms with Crippen LogP contribution in [0, 0.1) is 10.8 Å². The predicted octanol–water partition coefficient (Wildman–Crippen LogP) is 4.21. The van der Waals surface area contributed by atoms with Crippen LogP contribution in [0.15, 0.2) is 12.3 Å². The molecule has 0 aromatic carbocycles. The van der Waals surface area contributed by atoms with Crippen LogP contribution >= 0.6 is 0 Å². The summed E-state index contributed by atoms with van der Waals surface area (Å²) in [7, 11) is 0. The molecule has 132 valence electrons. The van der Waals surface area contributed by atoms with E-state index in [1.54, 1.807) is 4.90 Å². The van der Waals surface area contributed by atoms with Crippen molar-refractivity contribution in [1.82, 2.24) is 14.7 Å². The van der Waals surface area contributed by atoms with Gasteiger partial charge >= 0.3 is 6.09 Å². The molecule has 0 bridgehead atoms. The SMILES string of the molecule is CC(C)n1ncc2c1C=CC1(CCN(C(=O)O)C(C(C)(C)C)C1)C2. The molecule has 2 atom stereocenters. The molecule has 1 aromatic heterocycles. The van der Waals surface area contributed by atoms with Crippen LogP contribution in [0.3, 0.4) is 0 Å². The molecule has 24 heavy (non-hydrogen) atoms. The van der Waals surface area contributed by atoms with Gasteiger partial charge in [-0.3, -0.25) is 4.68 Å². The lowest BCUT2D eigenvalue weighted by Crippen LogP contribution is -2.54. The first kappa shape index (κ1) is 17.1. The zero-order chi connectivity index (χ0) is 17.7. The molecule has 0 saturated carbocycles. The van der Waals surface area contributed by atoms with Crippen LogP contribution in [0.2, 0.25) is 0 Å². The number of piperidine rings is 1. The molecule has 0 radical (unpaired) electrons. The Morgan fingerprint density at radius 1 is 1.42 bits per heavy atom. The van der Waals surface area contributed by atoms with Gasteiger partial charge in [0.25, 0.3) is 0 Å². The minimum absolute atomic E-state index is 0.0371. The van der Waals surface area contributed by atoms with Gasteiger partial charge in [-0.2, -0.15) is 5.10 Å². The van der Waals surface area contributed by atoms with Crippen LogP contribution in [0.25, 0.3) is 6.08 Å². The molecule has 1 amide bonds. The number of nitrogens with zero attached hydrogens (tertiary/aromatic N) is 3. The number of allylic oxidation sites excluding steroid dienone is 1. The summed E-state index contributed by atoms with van der Waals surface area (Å²) in [6, 6.07) is 0.388. The highest BCUT2D eigenvalue weighted by Gasteiger charge is 2.45. The molecule has 1 saturated heterocycles. The first-order valence-corrected chi connectivity index (χ1v) is 8.88. The van der Waals surface area contributed by atoms with Crippen molar-refractivity contribution in [2.75, 3.05) is 6.54 Å². The second-order valence-electron chi connectivity index (χ2n) is 8.78. The standard InChI is InChI=1S/C19H29N3O2/c1-13(2)22-15-6-7-19(10-14(15)12-20-22)8-9-21(17(23)24)16(11-19)18(3,4)5/h6-7,12-13,16H,8-11H2,1-5H3,(H,23,24). The molecule has 1 N–H and O–H groups in total. The summed E-state index contributed by atoms with van der Waals surface area (Å²) in [6.07, 6.45) is 8.47. The molecule has 2 heterocycles. The third-order valence-electron chi connectivity index (χ3n) is 5.61. The summed E-state index contributed by atoms with van der Waals surface area (Å²) >= 11 is 0. The number of carbonyl (C=O) groups is 1. The summed E-state index contributed by atoms with van der Waals surface area (Å²) < 4.78 is 2.08. The average Bonchev–Trinajstić information content (AvgIpc) is 2.88. The molecule has 3 rings (SSSR count). The molecule has 2 aliphatic rings. The highest BCUT2D eigenvalue weighted by molar-refractivity contribution is 5.66. The summed E-state index contributed by atoms with van der Waals surface area (Å²) in [5.74, 6) is 0. The third-order valence-corrected chi connectivity index (χ3v) is 5.61. The Hall–Kier alpha value is -1.78. The van der Waals surface area contributed by atoms with Gasteiger partial charge < -0.3 is 10.0 Å². The van der Waals surface area contributed by atoms with Gasteiger partial charge in [-0.15, -0.1) is 0 Å². The lowest BCUT2D eigenvalue weighted by molar-refractivity contribution is 0.0203. The molecule has 1 spiro atoms. The predicted molar refractivity (Wildman–Crippen MR) is 95.0 cm³/mol. The van der Waals surface area contributed by atoms with Gasteiger partial charge in [0.15, 0.2) is 0 Å². The molecule has 1 aliphatic heterocycles. The van der Waals surface area contributed by atoms with E-state index in [4.69, 9.17) is 0 Å². The minimum Gasteiger partial charge on any atom is -0.465 e. The van der Waals surface area contributed by atoms with Crippen molar-refractivity contribution < 1.29 is 9.90 Å². The molecule has 1 aromatic rings. The second kappa shape index (κ2) is 5.64. The number of carboxylic acid groups (broad SMARTS) is 1. The van der Waals surface area contributed by atoms with Crippen LogP contribution in [0.4, 0.5) is 4.79 Å². The Morgan fingerprint density at radius 3 is 2.71 bits per heavy atom. The number of aromatic nitrogens is 2. The zero-order valence-electron chi connectivity index (χ0n) is 15.4. The highest BCUT2D eigenvalue weighted by Crippen LogP contribution is 2.47. The van der Waals surface area contributed by atoms with E-state index < -0.39 is 6.09 Å². The number of rotatable bonds is 1. The van der Waals surface area contributed by atoms with Gasteiger partial charge in [-0.25, -0.2) is 4.79 Å².